The predicted octanol–water partition coefficient (Wildman–Crippen LogP) is 3.98. The molecule has 0 spiro atoms. The van der Waals surface area contributed by atoms with E-state index in [-0.39, 0.29) is 11.2 Å². The molecule has 3 rings (SSSR count). The third-order valence-electron chi connectivity index (χ3n) is 3.54. The van der Waals surface area contributed by atoms with Crippen LogP contribution in [0.5, 0.6) is 5.75 Å². The number of nitrogens with one attached hydrogen (secondary N) is 1. The van der Waals surface area contributed by atoms with Crippen molar-refractivity contribution in [3.63, 3.8) is 0 Å². The average Bonchev–Trinajstić information content (AvgIpc) is 2.95. The summed E-state index contributed by atoms with van der Waals surface area (Å²) in [5.74, 6) is -0.165. The summed E-state index contributed by atoms with van der Waals surface area (Å²) in [6.07, 6.45) is 1.08. The number of hydrogen-bond donors (Lipinski definition) is 1. The number of esters is 1. The van der Waals surface area contributed by atoms with E-state index in [0.29, 0.717) is 17.1 Å². The summed E-state index contributed by atoms with van der Waals surface area (Å²) in [5.41, 5.74) is 1.80. The number of benzene rings is 2. The number of ether oxygens (including phenoxy) is 1. The van der Waals surface area contributed by atoms with Crippen molar-refractivity contribution in [3.8, 4) is 11.4 Å². The molecule has 1 aromatic heterocycles. The van der Waals surface area contributed by atoms with Gasteiger partial charge in [0.15, 0.2) is 5.69 Å². The number of carbonyl (C=O) groups excluding carboxylic acids is 1. The molecule has 1 heterocycles. The number of aromatic nitrogens is 2. The minimum absolute atomic E-state index is 0.232. The molecular formula is C19H16N4O3. The lowest BCUT2D eigenvalue weighted by atomic mass is 10.3. The number of nitrogens with zero attached hydrogens (tertiary/aromatic N) is 3. The fourth-order valence-electron chi connectivity index (χ4n) is 2.26. The van der Waals surface area contributed by atoms with Crippen LogP contribution in [-0.2, 0) is 4.79 Å². The van der Waals surface area contributed by atoms with E-state index in [9.17, 15) is 9.59 Å². The Morgan fingerprint density at radius 1 is 1.12 bits per heavy atom. The molecule has 7 heteroatoms. The van der Waals surface area contributed by atoms with Crippen molar-refractivity contribution in [2.75, 3.05) is 0 Å². The fourth-order valence-corrected chi connectivity index (χ4v) is 2.26. The summed E-state index contributed by atoms with van der Waals surface area (Å²) >= 11 is 0. The molecule has 130 valence electrons. The van der Waals surface area contributed by atoms with Gasteiger partial charge in [-0.2, -0.15) is 5.11 Å². The van der Waals surface area contributed by atoms with Gasteiger partial charge < -0.3 is 4.74 Å². The molecule has 0 aliphatic rings. The topological polar surface area (TPSA) is 88.8 Å². The Morgan fingerprint density at radius 2 is 1.81 bits per heavy atom. The molecule has 0 saturated carbocycles. The highest BCUT2D eigenvalue weighted by atomic mass is 16.5. The zero-order valence-electron chi connectivity index (χ0n) is 14.0. The lowest BCUT2D eigenvalue weighted by molar-refractivity contribution is -0.128. The van der Waals surface area contributed by atoms with Gasteiger partial charge in [0.1, 0.15) is 5.75 Å². The standard InChI is InChI=1S/C19H16N4O3/c1-3-17(24)26-16-11-9-14(10-12-16)20-21-18-13(2)22-23(19(18)25)15-7-5-4-6-8-15/h3-12,22H,1H2,2H3. The van der Waals surface area contributed by atoms with Gasteiger partial charge in [-0.25, -0.2) is 9.48 Å². The van der Waals surface area contributed by atoms with Crippen LogP contribution in [0.25, 0.3) is 5.69 Å². The number of aromatic amines is 1. The van der Waals surface area contributed by atoms with Crippen molar-refractivity contribution < 1.29 is 9.53 Å². The van der Waals surface area contributed by atoms with Gasteiger partial charge in [0.05, 0.1) is 17.1 Å². The highest BCUT2D eigenvalue weighted by molar-refractivity contribution is 5.83. The Hall–Kier alpha value is -3.74. The second-order valence-electron chi connectivity index (χ2n) is 5.38. The van der Waals surface area contributed by atoms with Crippen LogP contribution in [0.3, 0.4) is 0 Å². The van der Waals surface area contributed by atoms with Crippen LogP contribution < -0.4 is 10.3 Å². The van der Waals surface area contributed by atoms with E-state index < -0.39 is 5.97 Å². The van der Waals surface area contributed by atoms with Crippen LogP contribution in [-0.4, -0.2) is 15.7 Å². The summed E-state index contributed by atoms with van der Waals surface area (Å²) < 4.78 is 6.40. The van der Waals surface area contributed by atoms with Gasteiger partial charge in [0.25, 0.3) is 5.56 Å². The van der Waals surface area contributed by atoms with Gasteiger partial charge >= 0.3 is 5.97 Å². The molecule has 0 radical (unpaired) electrons. The first-order valence-electron chi connectivity index (χ1n) is 7.81. The Labute approximate surface area is 149 Å². The number of H-pyrrole nitrogens is 1. The molecule has 26 heavy (non-hydrogen) atoms. The lowest BCUT2D eigenvalue weighted by Crippen LogP contribution is -2.13. The Morgan fingerprint density at radius 3 is 2.46 bits per heavy atom. The largest absolute Gasteiger partial charge is 0.423 e. The molecule has 0 bridgehead atoms. The van der Waals surface area contributed by atoms with Crippen molar-refractivity contribution >= 4 is 17.3 Å². The van der Waals surface area contributed by atoms with Crippen LogP contribution in [0, 0.1) is 6.92 Å². The fraction of sp³-hybridized carbons (Fsp3) is 0.0526. The minimum Gasteiger partial charge on any atom is -0.423 e. The number of azo groups is 1. The second-order valence-corrected chi connectivity index (χ2v) is 5.38. The molecule has 0 atom stereocenters. The average molecular weight is 348 g/mol. The van der Waals surface area contributed by atoms with Gasteiger partial charge in [-0.3, -0.25) is 9.89 Å². The van der Waals surface area contributed by atoms with Gasteiger partial charge in [-0.05, 0) is 43.3 Å². The van der Waals surface area contributed by atoms with E-state index in [4.69, 9.17) is 4.74 Å². The van der Waals surface area contributed by atoms with Crippen molar-refractivity contribution in [3.05, 3.63) is 83.3 Å². The maximum Gasteiger partial charge on any atom is 0.335 e. The number of hydrogen-bond acceptors (Lipinski definition) is 5. The van der Waals surface area contributed by atoms with E-state index in [1.54, 1.807) is 31.2 Å². The molecule has 2 aromatic carbocycles. The quantitative estimate of drug-likeness (QED) is 0.327. The molecule has 0 aliphatic carbocycles. The van der Waals surface area contributed by atoms with E-state index >= 15 is 0 Å². The number of aryl methyl sites for hydroxylation is 1. The van der Waals surface area contributed by atoms with Crippen LogP contribution in [0.15, 0.2) is 82.3 Å². The zero-order chi connectivity index (χ0) is 18.5. The predicted molar refractivity (Wildman–Crippen MR) is 97.6 cm³/mol. The van der Waals surface area contributed by atoms with Crippen LogP contribution in [0.2, 0.25) is 0 Å². The Bertz CT molecular complexity index is 1020. The second kappa shape index (κ2) is 7.43. The zero-order valence-corrected chi connectivity index (χ0v) is 14.0. The van der Waals surface area contributed by atoms with Crippen LogP contribution in [0.1, 0.15) is 5.69 Å². The highest BCUT2D eigenvalue weighted by Gasteiger charge is 2.11. The van der Waals surface area contributed by atoms with Crippen LogP contribution >= 0.6 is 0 Å². The van der Waals surface area contributed by atoms with Crippen molar-refractivity contribution in [1.82, 2.24) is 9.78 Å². The third-order valence-corrected chi connectivity index (χ3v) is 3.54. The number of rotatable bonds is 5. The van der Waals surface area contributed by atoms with Crippen molar-refractivity contribution in [1.29, 1.82) is 0 Å². The first-order valence-corrected chi connectivity index (χ1v) is 7.81. The normalized spacial score (nSPS) is 10.8. The van der Waals surface area contributed by atoms with E-state index in [1.807, 2.05) is 30.3 Å². The summed E-state index contributed by atoms with van der Waals surface area (Å²) in [4.78, 5) is 23.7. The smallest absolute Gasteiger partial charge is 0.335 e. The van der Waals surface area contributed by atoms with E-state index in [0.717, 1.165) is 11.8 Å². The van der Waals surface area contributed by atoms with Crippen LogP contribution in [0.4, 0.5) is 11.4 Å². The summed E-state index contributed by atoms with van der Waals surface area (Å²) in [7, 11) is 0. The van der Waals surface area contributed by atoms with E-state index in [1.165, 1.54) is 4.68 Å². The Kier molecular flexibility index (Phi) is 4.89. The SMILES string of the molecule is C=CC(=O)Oc1ccc(N=Nc2c(C)[nH]n(-c3ccccc3)c2=O)cc1. The van der Waals surface area contributed by atoms with Crippen molar-refractivity contribution in [2.45, 2.75) is 6.92 Å². The maximum absolute atomic E-state index is 12.5. The highest BCUT2D eigenvalue weighted by Crippen LogP contribution is 2.21. The maximum atomic E-state index is 12.5. The van der Waals surface area contributed by atoms with Gasteiger partial charge in [0, 0.05) is 6.08 Å². The molecule has 7 nitrogen and oxygen atoms in total. The first kappa shape index (κ1) is 17.1. The number of para-hydroxylation sites is 1. The molecule has 0 amide bonds. The molecule has 0 unspecified atom stereocenters. The molecule has 1 N–H and O–H groups in total. The lowest BCUT2D eigenvalue weighted by Gasteiger charge is -2.00. The molecule has 3 aromatic rings. The minimum atomic E-state index is -0.538. The summed E-state index contributed by atoms with van der Waals surface area (Å²) in [6.45, 7) is 5.09. The third kappa shape index (κ3) is 3.67. The molecule has 0 aliphatic heterocycles. The monoisotopic (exact) mass is 348 g/mol. The molecule has 0 fully saturated rings. The summed E-state index contributed by atoms with van der Waals surface area (Å²) in [6, 6.07) is 15.6. The van der Waals surface area contributed by atoms with Gasteiger partial charge in [0.2, 0.25) is 0 Å². The first-order chi connectivity index (χ1) is 12.6. The van der Waals surface area contributed by atoms with Gasteiger partial charge in [-0.15, -0.1) is 5.11 Å². The van der Waals surface area contributed by atoms with E-state index in [2.05, 4.69) is 21.9 Å². The number of carbonyl (C=O) groups is 1. The van der Waals surface area contributed by atoms with Crippen molar-refractivity contribution in [2.24, 2.45) is 10.2 Å². The van der Waals surface area contributed by atoms with Gasteiger partial charge in [-0.1, -0.05) is 24.8 Å². The summed E-state index contributed by atoms with van der Waals surface area (Å²) in [5, 5.41) is 11.1. The Balaban J connectivity index is 1.83. The molecule has 0 saturated heterocycles. The molecular weight excluding hydrogens is 332 g/mol.